The van der Waals surface area contributed by atoms with E-state index in [1.165, 1.54) is 50.1 Å². The third-order valence-corrected chi connectivity index (χ3v) is 7.09. The van der Waals surface area contributed by atoms with E-state index in [9.17, 15) is 0 Å². The molecular weight excluding hydrogens is 372 g/mol. The quantitative estimate of drug-likeness (QED) is 0.282. The van der Waals surface area contributed by atoms with Crippen LogP contribution in [0.25, 0.3) is 11.1 Å². The summed E-state index contributed by atoms with van der Waals surface area (Å²) in [5, 5.41) is 0. The summed E-state index contributed by atoms with van der Waals surface area (Å²) in [6, 6.07) is 34.5. The van der Waals surface area contributed by atoms with Gasteiger partial charge in [-0.3, -0.25) is 0 Å². The Bertz CT molecular complexity index is 1180. The monoisotopic (exact) mass is 402 g/mol. The summed E-state index contributed by atoms with van der Waals surface area (Å²) in [5.41, 5.74) is 12.3. The molecule has 0 atom stereocenters. The van der Waals surface area contributed by atoms with E-state index in [1.54, 1.807) is 0 Å². The lowest BCUT2D eigenvalue weighted by molar-refractivity contribution is 0.753. The molecule has 31 heavy (non-hydrogen) atoms. The highest BCUT2D eigenvalue weighted by atomic mass is 14.5. The molecule has 154 valence electrons. The number of hydrogen-bond acceptors (Lipinski definition) is 0. The molecule has 5 rings (SSSR count). The zero-order valence-electron chi connectivity index (χ0n) is 18.8. The van der Waals surface area contributed by atoms with Crippen LogP contribution in [0.4, 0.5) is 0 Å². The first kappa shape index (κ1) is 19.8. The minimum Gasteiger partial charge on any atom is -0.0622 e. The standard InChI is InChI=1S/C31H30/c1-4-22-16-18-29-26(20-22)27-21-23(5-2)17-19-30(27)31(29,25-13-8-7-9-14-25)28-15-11-10-12-24(28)6-3/h7-21H,4-6H2,1-3H3. The summed E-state index contributed by atoms with van der Waals surface area (Å²) in [5.74, 6) is 0. The molecule has 4 aromatic carbocycles. The molecular formula is C31H30. The SMILES string of the molecule is CCc1ccc2c(c1)-c1cc(CC)ccc1C2(c1ccccc1)c1ccccc1CC. The summed E-state index contributed by atoms with van der Waals surface area (Å²) in [6.07, 6.45) is 3.13. The Labute approximate surface area is 186 Å². The van der Waals surface area contributed by atoms with Gasteiger partial charge in [0, 0.05) is 0 Å². The smallest absolute Gasteiger partial charge is 0.0622 e. The lowest BCUT2D eigenvalue weighted by atomic mass is 9.66. The Morgan fingerprint density at radius 2 is 1.06 bits per heavy atom. The van der Waals surface area contributed by atoms with Crippen LogP contribution in [0.5, 0.6) is 0 Å². The highest BCUT2D eigenvalue weighted by molar-refractivity contribution is 5.87. The number of aryl methyl sites for hydroxylation is 3. The van der Waals surface area contributed by atoms with Gasteiger partial charge in [0.2, 0.25) is 0 Å². The molecule has 0 saturated carbocycles. The number of hydrogen-bond donors (Lipinski definition) is 0. The fraction of sp³-hybridized carbons (Fsp3) is 0.226. The van der Waals surface area contributed by atoms with Crippen molar-refractivity contribution in [3.63, 3.8) is 0 Å². The molecule has 0 heterocycles. The van der Waals surface area contributed by atoms with E-state index in [0.29, 0.717) is 0 Å². The van der Waals surface area contributed by atoms with Gasteiger partial charge in [-0.25, -0.2) is 0 Å². The summed E-state index contributed by atoms with van der Waals surface area (Å²) < 4.78 is 0. The zero-order valence-corrected chi connectivity index (χ0v) is 18.8. The molecule has 0 aliphatic heterocycles. The van der Waals surface area contributed by atoms with Crippen LogP contribution < -0.4 is 0 Å². The normalized spacial score (nSPS) is 13.6. The first-order valence-corrected chi connectivity index (χ1v) is 11.6. The van der Waals surface area contributed by atoms with E-state index in [1.807, 2.05) is 0 Å². The van der Waals surface area contributed by atoms with Gasteiger partial charge >= 0.3 is 0 Å². The molecule has 0 unspecified atom stereocenters. The highest BCUT2D eigenvalue weighted by Gasteiger charge is 2.46. The van der Waals surface area contributed by atoms with Crippen molar-refractivity contribution in [2.75, 3.05) is 0 Å². The van der Waals surface area contributed by atoms with Crippen molar-refractivity contribution in [3.8, 4) is 11.1 Å². The minimum absolute atomic E-state index is 0.281. The van der Waals surface area contributed by atoms with Crippen molar-refractivity contribution in [1.29, 1.82) is 0 Å². The molecule has 0 saturated heterocycles. The topological polar surface area (TPSA) is 0 Å². The van der Waals surface area contributed by atoms with Crippen LogP contribution in [-0.4, -0.2) is 0 Å². The van der Waals surface area contributed by atoms with Gasteiger partial charge in [0.25, 0.3) is 0 Å². The molecule has 0 spiro atoms. The predicted octanol–water partition coefficient (Wildman–Crippen LogP) is 7.74. The molecule has 0 nitrogen and oxygen atoms in total. The molecule has 0 radical (unpaired) electrons. The van der Waals surface area contributed by atoms with Gasteiger partial charge < -0.3 is 0 Å². The second-order valence-corrected chi connectivity index (χ2v) is 8.59. The van der Waals surface area contributed by atoms with Gasteiger partial charge in [-0.15, -0.1) is 0 Å². The molecule has 0 aromatic heterocycles. The molecule has 0 bridgehead atoms. The maximum atomic E-state index is 2.44. The van der Waals surface area contributed by atoms with Crippen molar-refractivity contribution >= 4 is 0 Å². The highest BCUT2D eigenvalue weighted by Crippen LogP contribution is 2.57. The Hall–Kier alpha value is -3.12. The van der Waals surface area contributed by atoms with Crippen molar-refractivity contribution in [2.24, 2.45) is 0 Å². The van der Waals surface area contributed by atoms with E-state index in [4.69, 9.17) is 0 Å². The molecule has 4 aromatic rings. The second-order valence-electron chi connectivity index (χ2n) is 8.59. The average molecular weight is 403 g/mol. The van der Waals surface area contributed by atoms with Gasteiger partial charge in [0.1, 0.15) is 0 Å². The summed E-state index contributed by atoms with van der Waals surface area (Å²) in [6.45, 7) is 6.77. The van der Waals surface area contributed by atoms with Gasteiger partial charge in [-0.1, -0.05) is 112 Å². The number of rotatable bonds is 5. The maximum Gasteiger partial charge on any atom is 0.0716 e. The Morgan fingerprint density at radius 3 is 1.61 bits per heavy atom. The van der Waals surface area contributed by atoms with Crippen LogP contribution in [0.15, 0.2) is 91.0 Å². The van der Waals surface area contributed by atoms with Crippen LogP contribution in [0, 0.1) is 0 Å². The molecule has 1 aliphatic rings. The summed E-state index contributed by atoms with van der Waals surface area (Å²) >= 11 is 0. The third kappa shape index (κ3) is 2.89. The maximum absolute atomic E-state index is 2.44. The summed E-state index contributed by atoms with van der Waals surface area (Å²) in [7, 11) is 0. The van der Waals surface area contributed by atoms with Gasteiger partial charge in [0.15, 0.2) is 0 Å². The van der Waals surface area contributed by atoms with Crippen LogP contribution in [0.3, 0.4) is 0 Å². The molecule has 0 amide bonds. The minimum atomic E-state index is -0.281. The first-order chi connectivity index (χ1) is 15.2. The van der Waals surface area contributed by atoms with Crippen LogP contribution in [0.1, 0.15) is 59.7 Å². The van der Waals surface area contributed by atoms with Crippen molar-refractivity contribution < 1.29 is 0 Å². The van der Waals surface area contributed by atoms with Gasteiger partial charge in [-0.2, -0.15) is 0 Å². The fourth-order valence-electron chi connectivity index (χ4n) is 5.51. The van der Waals surface area contributed by atoms with Gasteiger partial charge in [0.05, 0.1) is 5.41 Å². The lowest BCUT2D eigenvalue weighted by Crippen LogP contribution is -2.30. The van der Waals surface area contributed by atoms with E-state index in [2.05, 4.69) is 112 Å². The molecule has 1 aliphatic carbocycles. The first-order valence-electron chi connectivity index (χ1n) is 11.6. The largest absolute Gasteiger partial charge is 0.0716 e. The molecule has 0 heteroatoms. The van der Waals surface area contributed by atoms with Gasteiger partial charge in [-0.05, 0) is 69.3 Å². The predicted molar refractivity (Wildman–Crippen MR) is 132 cm³/mol. The molecule has 0 N–H and O–H groups in total. The second kappa shape index (κ2) is 7.85. The van der Waals surface area contributed by atoms with Crippen LogP contribution in [0.2, 0.25) is 0 Å². The third-order valence-electron chi connectivity index (χ3n) is 7.09. The van der Waals surface area contributed by atoms with Crippen molar-refractivity contribution in [2.45, 2.75) is 45.4 Å². The Kier molecular flexibility index (Phi) is 5.02. The Morgan fingerprint density at radius 1 is 0.516 bits per heavy atom. The molecule has 0 fully saturated rings. The van der Waals surface area contributed by atoms with Crippen LogP contribution in [-0.2, 0) is 24.7 Å². The number of benzene rings is 4. The fourth-order valence-corrected chi connectivity index (χ4v) is 5.51. The Balaban J connectivity index is 1.97. The van der Waals surface area contributed by atoms with E-state index in [0.717, 1.165) is 19.3 Å². The van der Waals surface area contributed by atoms with E-state index in [-0.39, 0.29) is 5.41 Å². The van der Waals surface area contributed by atoms with E-state index < -0.39 is 0 Å². The zero-order chi connectivity index (χ0) is 21.4. The van der Waals surface area contributed by atoms with Crippen LogP contribution >= 0.6 is 0 Å². The van der Waals surface area contributed by atoms with Crippen molar-refractivity contribution in [3.05, 3.63) is 130 Å². The average Bonchev–Trinajstić information content (AvgIpc) is 3.14. The lowest BCUT2D eigenvalue weighted by Gasteiger charge is -2.35. The van der Waals surface area contributed by atoms with Crippen molar-refractivity contribution in [1.82, 2.24) is 0 Å². The van der Waals surface area contributed by atoms with E-state index >= 15 is 0 Å². The summed E-state index contributed by atoms with van der Waals surface area (Å²) in [4.78, 5) is 0. The number of fused-ring (bicyclic) bond motifs is 3.